The Balaban J connectivity index is 1.88. The zero-order chi connectivity index (χ0) is 15.4. The van der Waals surface area contributed by atoms with E-state index in [4.69, 9.17) is 5.73 Å². The van der Waals surface area contributed by atoms with Crippen molar-refractivity contribution in [2.75, 3.05) is 19.6 Å². The van der Waals surface area contributed by atoms with E-state index in [2.05, 4.69) is 37.2 Å². The summed E-state index contributed by atoms with van der Waals surface area (Å²) in [4.78, 5) is 25.2. The van der Waals surface area contributed by atoms with Crippen LogP contribution >= 0.6 is 31.9 Å². The van der Waals surface area contributed by atoms with Gasteiger partial charge in [-0.1, -0.05) is 15.9 Å². The number of likely N-dealkylation sites (tertiary alicyclic amines) is 1. The summed E-state index contributed by atoms with van der Waals surface area (Å²) in [5.41, 5.74) is 5.81. The number of halogens is 2. The summed E-state index contributed by atoms with van der Waals surface area (Å²) >= 11 is 6.76. The average Bonchev–Trinajstić information content (AvgIpc) is 2.40. The molecule has 114 valence electrons. The molecule has 1 aliphatic heterocycles. The van der Waals surface area contributed by atoms with Crippen molar-refractivity contribution >= 4 is 43.7 Å². The third kappa shape index (κ3) is 4.79. The van der Waals surface area contributed by atoms with Crippen LogP contribution in [0, 0.1) is 0 Å². The number of carbonyl (C=O) groups excluding carboxylic acids is 2. The quantitative estimate of drug-likeness (QED) is 0.783. The Kier molecular flexibility index (Phi) is 5.78. The number of rotatable bonds is 4. The van der Waals surface area contributed by atoms with E-state index in [1.54, 1.807) is 6.07 Å². The lowest BCUT2D eigenvalue weighted by Gasteiger charge is -2.31. The molecule has 21 heavy (non-hydrogen) atoms. The fourth-order valence-corrected chi connectivity index (χ4v) is 3.62. The van der Waals surface area contributed by atoms with Gasteiger partial charge < -0.3 is 11.1 Å². The molecule has 0 atom stereocenters. The first-order chi connectivity index (χ1) is 9.95. The van der Waals surface area contributed by atoms with Crippen molar-refractivity contribution in [1.82, 2.24) is 10.2 Å². The highest BCUT2D eigenvalue weighted by Gasteiger charge is 2.22. The van der Waals surface area contributed by atoms with Gasteiger partial charge in [-0.2, -0.15) is 0 Å². The van der Waals surface area contributed by atoms with E-state index in [1.807, 2.05) is 17.0 Å². The predicted molar refractivity (Wildman–Crippen MR) is 88.0 cm³/mol. The maximum Gasteiger partial charge on any atom is 0.252 e. The molecule has 1 aromatic rings. The number of hydrogen-bond acceptors (Lipinski definition) is 3. The minimum Gasteiger partial charge on any atom is -0.369 e. The average molecular weight is 419 g/mol. The first-order valence-corrected chi connectivity index (χ1v) is 8.31. The molecule has 2 rings (SSSR count). The van der Waals surface area contributed by atoms with Gasteiger partial charge in [-0.15, -0.1) is 0 Å². The highest BCUT2D eigenvalue weighted by Crippen LogP contribution is 2.22. The molecule has 2 amide bonds. The van der Waals surface area contributed by atoms with Gasteiger partial charge in [0.2, 0.25) is 5.91 Å². The first-order valence-electron chi connectivity index (χ1n) is 6.72. The van der Waals surface area contributed by atoms with Crippen molar-refractivity contribution < 1.29 is 9.59 Å². The molecule has 0 unspecified atom stereocenters. The van der Waals surface area contributed by atoms with Gasteiger partial charge in [0.25, 0.3) is 5.91 Å². The van der Waals surface area contributed by atoms with E-state index in [0.717, 1.165) is 34.9 Å². The van der Waals surface area contributed by atoms with Crippen molar-refractivity contribution in [3.63, 3.8) is 0 Å². The molecule has 0 aromatic heterocycles. The Morgan fingerprint density at radius 2 is 1.95 bits per heavy atom. The fraction of sp³-hybridized carbons (Fsp3) is 0.429. The monoisotopic (exact) mass is 417 g/mol. The van der Waals surface area contributed by atoms with Crippen LogP contribution in [0.3, 0.4) is 0 Å². The molecule has 1 heterocycles. The third-order valence-electron chi connectivity index (χ3n) is 3.48. The second kappa shape index (κ2) is 7.38. The summed E-state index contributed by atoms with van der Waals surface area (Å²) in [7, 11) is 0. The first kappa shape index (κ1) is 16.5. The Hall–Kier alpha value is -0.920. The zero-order valence-corrected chi connectivity index (χ0v) is 14.6. The molecule has 1 aliphatic rings. The Morgan fingerprint density at radius 3 is 2.52 bits per heavy atom. The Morgan fingerprint density at radius 1 is 1.29 bits per heavy atom. The number of benzene rings is 1. The summed E-state index contributed by atoms with van der Waals surface area (Å²) < 4.78 is 1.69. The molecule has 1 saturated heterocycles. The molecule has 0 radical (unpaired) electrons. The lowest BCUT2D eigenvalue weighted by atomic mass is 10.0. The molecule has 0 saturated carbocycles. The number of carbonyl (C=O) groups is 2. The number of primary amides is 1. The van der Waals surface area contributed by atoms with Gasteiger partial charge in [0.15, 0.2) is 0 Å². The standard InChI is InChI=1S/C14H17Br2N3O2/c15-9-1-2-11(12(16)7-9)14(21)18-10-3-5-19(6-4-10)8-13(17)20/h1-2,7,10H,3-6,8H2,(H2,17,20)(H,18,21). The van der Waals surface area contributed by atoms with Crippen molar-refractivity contribution in [2.45, 2.75) is 18.9 Å². The van der Waals surface area contributed by atoms with E-state index in [9.17, 15) is 9.59 Å². The number of amides is 2. The van der Waals surface area contributed by atoms with Crippen LogP contribution in [0.2, 0.25) is 0 Å². The number of nitrogens with zero attached hydrogens (tertiary/aromatic N) is 1. The van der Waals surface area contributed by atoms with Gasteiger partial charge in [0.1, 0.15) is 0 Å². The van der Waals surface area contributed by atoms with Crippen LogP contribution < -0.4 is 11.1 Å². The smallest absolute Gasteiger partial charge is 0.252 e. The van der Waals surface area contributed by atoms with Crippen LogP contribution in [0.4, 0.5) is 0 Å². The van der Waals surface area contributed by atoms with E-state index < -0.39 is 0 Å². The predicted octanol–water partition coefficient (Wildman–Crippen LogP) is 1.89. The molecule has 0 spiro atoms. The zero-order valence-electron chi connectivity index (χ0n) is 11.4. The maximum atomic E-state index is 12.3. The number of nitrogens with two attached hydrogens (primary N) is 1. The summed E-state index contributed by atoms with van der Waals surface area (Å²) in [6.45, 7) is 1.84. The molecule has 3 N–H and O–H groups in total. The molecule has 0 aliphatic carbocycles. The van der Waals surface area contributed by atoms with E-state index >= 15 is 0 Å². The van der Waals surface area contributed by atoms with E-state index in [-0.39, 0.29) is 17.9 Å². The summed E-state index contributed by atoms with van der Waals surface area (Å²) in [6, 6.07) is 5.61. The molecular formula is C14H17Br2N3O2. The van der Waals surface area contributed by atoms with Crippen molar-refractivity contribution in [2.24, 2.45) is 5.73 Å². The van der Waals surface area contributed by atoms with Gasteiger partial charge in [0.05, 0.1) is 12.1 Å². The van der Waals surface area contributed by atoms with Crippen LogP contribution in [0.5, 0.6) is 0 Å². The molecule has 1 fully saturated rings. The summed E-state index contributed by atoms with van der Waals surface area (Å²) in [5.74, 6) is -0.390. The van der Waals surface area contributed by atoms with Crippen molar-refractivity contribution in [3.8, 4) is 0 Å². The van der Waals surface area contributed by atoms with Crippen LogP contribution in [-0.2, 0) is 4.79 Å². The number of piperidine rings is 1. The molecule has 0 bridgehead atoms. The maximum absolute atomic E-state index is 12.3. The molecule has 7 heteroatoms. The Bertz CT molecular complexity index is 543. The van der Waals surface area contributed by atoms with E-state index in [1.165, 1.54) is 0 Å². The van der Waals surface area contributed by atoms with Crippen molar-refractivity contribution in [1.29, 1.82) is 0 Å². The summed E-state index contributed by atoms with van der Waals surface area (Å²) in [5, 5.41) is 3.04. The topological polar surface area (TPSA) is 75.4 Å². The second-order valence-corrected chi connectivity index (χ2v) is 6.88. The van der Waals surface area contributed by atoms with Gasteiger partial charge >= 0.3 is 0 Å². The highest BCUT2D eigenvalue weighted by molar-refractivity contribution is 9.11. The highest BCUT2D eigenvalue weighted by atomic mass is 79.9. The minimum absolute atomic E-state index is 0.0808. The van der Waals surface area contributed by atoms with E-state index in [0.29, 0.717) is 12.1 Å². The SMILES string of the molecule is NC(=O)CN1CCC(NC(=O)c2ccc(Br)cc2Br)CC1. The van der Waals surface area contributed by atoms with Gasteiger partial charge in [-0.05, 0) is 47.0 Å². The molecular weight excluding hydrogens is 402 g/mol. The number of hydrogen-bond donors (Lipinski definition) is 2. The summed E-state index contributed by atoms with van der Waals surface area (Å²) in [6.07, 6.45) is 1.65. The number of nitrogens with one attached hydrogen (secondary N) is 1. The van der Waals surface area contributed by atoms with Crippen LogP contribution in [0.25, 0.3) is 0 Å². The molecule has 5 nitrogen and oxygen atoms in total. The van der Waals surface area contributed by atoms with Gasteiger partial charge in [-0.3, -0.25) is 14.5 Å². The second-order valence-electron chi connectivity index (χ2n) is 5.11. The lowest BCUT2D eigenvalue weighted by Crippen LogP contribution is -2.46. The fourth-order valence-electron chi connectivity index (χ4n) is 2.39. The van der Waals surface area contributed by atoms with Crippen molar-refractivity contribution in [3.05, 3.63) is 32.7 Å². The normalized spacial score (nSPS) is 16.7. The Labute approximate surface area is 140 Å². The van der Waals surface area contributed by atoms with Crippen LogP contribution in [-0.4, -0.2) is 42.4 Å². The lowest BCUT2D eigenvalue weighted by molar-refractivity contribution is -0.119. The largest absolute Gasteiger partial charge is 0.369 e. The third-order valence-corrected chi connectivity index (χ3v) is 4.63. The molecule has 1 aromatic carbocycles. The van der Waals surface area contributed by atoms with Crippen LogP contribution in [0.1, 0.15) is 23.2 Å². The van der Waals surface area contributed by atoms with Gasteiger partial charge in [-0.25, -0.2) is 0 Å². The van der Waals surface area contributed by atoms with Crippen LogP contribution in [0.15, 0.2) is 27.1 Å². The van der Waals surface area contributed by atoms with Gasteiger partial charge in [0, 0.05) is 28.1 Å². The minimum atomic E-state index is -0.309.